The molecule has 12 heavy (non-hydrogen) atoms. The molecule has 0 aromatic carbocycles. The topological polar surface area (TPSA) is 34.0 Å². The number of fused-ring (bicyclic) bond motifs is 1. The number of hydrogen-bond acceptors (Lipinski definition) is 1. The molecule has 0 fully saturated rings. The second-order valence-corrected chi connectivity index (χ2v) is 3.70. The molecule has 1 N–H and O–H groups in total. The van der Waals surface area contributed by atoms with E-state index in [1.165, 1.54) is 0 Å². The maximum Gasteiger partial charge on any atom is 0.253 e. The first-order valence-electron chi connectivity index (χ1n) is 3.82. The lowest BCUT2D eigenvalue weighted by atomic mass is 10.1. The lowest BCUT2D eigenvalue weighted by Gasteiger charge is -2.13. The van der Waals surface area contributed by atoms with E-state index in [0.29, 0.717) is 0 Å². The highest BCUT2D eigenvalue weighted by atomic mass is 79.9. The van der Waals surface area contributed by atoms with Gasteiger partial charge in [-0.1, -0.05) is 0 Å². The van der Waals surface area contributed by atoms with Crippen LogP contribution in [-0.2, 0) is 13.5 Å². The second-order valence-electron chi connectivity index (χ2n) is 2.89. The first-order valence-corrected chi connectivity index (χ1v) is 4.61. The molecule has 1 aliphatic heterocycles. The summed E-state index contributed by atoms with van der Waals surface area (Å²) in [5, 5.41) is 2.81. The Labute approximate surface area is 78.9 Å². The molecule has 0 atom stereocenters. The van der Waals surface area contributed by atoms with E-state index in [4.69, 9.17) is 0 Å². The van der Waals surface area contributed by atoms with E-state index in [1.807, 2.05) is 17.7 Å². The quantitative estimate of drug-likeness (QED) is 0.709. The van der Waals surface area contributed by atoms with Crippen molar-refractivity contribution in [3.8, 4) is 0 Å². The maximum atomic E-state index is 11.3. The van der Waals surface area contributed by atoms with Crippen LogP contribution in [0.15, 0.2) is 10.7 Å². The van der Waals surface area contributed by atoms with Gasteiger partial charge in [-0.25, -0.2) is 0 Å². The van der Waals surface area contributed by atoms with Gasteiger partial charge in [-0.2, -0.15) is 0 Å². The molecule has 0 unspecified atom stereocenters. The van der Waals surface area contributed by atoms with Gasteiger partial charge in [-0.15, -0.1) is 0 Å². The van der Waals surface area contributed by atoms with Crippen molar-refractivity contribution in [3.05, 3.63) is 21.9 Å². The van der Waals surface area contributed by atoms with Gasteiger partial charge < -0.3 is 9.88 Å². The van der Waals surface area contributed by atoms with E-state index in [9.17, 15) is 4.79 Å². The zero-order valence-corrected chi connectivity index (χ0v) is 8.31. The minimum Gasteiger partial charge on any atom is -0.352 e. The predicted molar refractivity (Wildman–Crippen MR) is 49.2 cm³/mol. The number of hydrogen-bond donors (Lipinski definition) is 1. The molecule has 1 aliphatic rings. The number of nitrogens with one attached hydrogen (secondary N) is 1. The lowest BCUT2D eigenvalue weighted by molar-refractivity contribution is 0.0945. The Morgan fingerprint density at radius 2 is 2.42 bits per heavy atom. The number of halogens is 1. The highest BCUT2D eigenvalue weighted by Gasteiger charge is 2.20. The third-order valence-electron chi connectivity index (χ3n) is 2.19. The van der Waals surface area contributed by atoms with Gasteiger partial charge in [0.1, 0.15) is 0 Å². The Morgan fingerprint density at radius 1 is 1.67 bits per heavy atom. The standard InChI is InChI=1S/C8H9BrN2O/c1-11-6-2-3-10-8(12)5(6)4-7(11)9/h4H,2-3H2,1H3,(H,10,12). The summed E-state index contributed by atoms with van der Waals surface area (Å²) < 4.78 is 2.97. The fourth-order valence-corrected chi connectivity index (χ4v) is 1.94. The van der Waals surface area contributed by atoms with Crippen molar-refractivity contribution in [1.29, 1.82) is 0 Å². The lowest BCUT2D eigenvalue weighted by Crippen LogP contribution is -2.31. The van der Waals surface area contributed by atoms with Gasteiger partial charge in [0, 0.05) is 25.7 Å². The molecule has 1 aromatic rings. The SMILES string of the molecule is Cn1c(Br)cc2c1CCNC2=O. The monoisotopic (exact) mass is 228 g/mol. The van der Waals surface area contributed by atoms with Crippen molar-refractivity contribution in [2.45, 2.75) is 6.42 Å². The predicted octanol–water partition coefficient (Wildman–Crippen LogP) is 1.07. The molecule has 2 heterocycles. The van der Waals surface area contributed by atoms with Crippen LogP contribution in [0.4, 0.5) is 0 Å². The van der Waals surface area contributed by atoms with Gasteiger partial charge in [0.15, 0.2) is 0 Å². The molecular formula is C8H9BrN2O. The molecule has 2 rings (SSSR count). The van der Waals surface area contributed by atoms with E-state index in [-0.39, 0.29) is 5.91 Å². The summed E-state index contributed by atoms with van der Waals surface area (Å²) in [7, 11) is 1.96. The van der Waals surface area contributed by atoms with Crippen LogP contribution in [0.25, 0.3) is 0 Å². The molecular weight excluding hydrogens is 220 g/mol. The van der Waals surface area contributed by atoms with Gasteiger partial charge >= 0.3 is 0 Å². The van der Waals surface area contributed by atoms with Crippen LogP contribution in [0, 0.1) is 0 Å². The van der Waals surface area contributed by atoms with Crippen molar-refractivity contribution in [3.63, 3.8) is 0 Å². The van der Waals surface area contributed by atoms with Crippen LogP contribution in [-0.4, -0.2) is 17.0 Å². The summed E-state index contributed by atoms with van der Waals surface area (Å²) in [6.45, 7) is 0.746. The van der Waals surface area contributed by atoms with Crippen molar-refractivity contribution in [2.75, 3.05) is 6.54 Å². The van der Waals surface area contributed by atoms with Gasteiger partial charge in [-0.3, -0.25) is 4.79 Å². The van der Waals surface area contributed by atoms with Gasteiger partial charge in [0.2, 0.25) is 0 Å². The minimum atomic E-state index is 0.0394. The Balaban J connectivity index is 2.60. The fraction of sp³-hybridized carbons (Fsp3) is 0.375. The summed E-state index contributed by atoms with van der Waals surface area (Å²) in [4.78, 5) is 11.3. The summed E-state index contributed by atoms with van der Waals surface area (Å²) >= 11 is 3.39. The molecule has 4 heteroatoms. The summed E-state index contributed by atoms with van der Waals surface area (Å²) in [6.07, 6.45) is 0.920. The zero-order valence-electron chi connectivity index (χ0n) is 6.72. The molecule has 0 saturated heterocycles. The molecule has 3 nitrogen and oxygen atoms in total. The molecule has 1 aromatic heterocycles. The van der Waals surface area contributed by atoms with Crippen molar-refractivity contribution >= 4 is 21.8 Å². The average molecular weight is 229 g/mol. The molecule has 0 bridgehead atoms. The van der Waals surface area contributed by atoms with Crippen LogP contribution < -0.4 is 5.32 Å². The summed E-state index contributed by atoms with van der Waals surface area (Å²) in [5.74, 6) is 0.0394. The Kier molecular flexibility index (Phi) is 1.72. The number of nitrogens with zero attached hydrogens (tertiary/aromatic N) is 1. The van der Waals surface area contributed by atoms with Crippen LogP contribution in [0.1, 0.15) is 16.1 Å². The molecule has 64 valence electrons. The minimum absolute atomic E-state index is 0.0394. The van der Waals surface area contributed by atoms with E-state index < -0.39 is 0 Å². The second kappa shape index (κ2) is 2.62. The van der Waals surface area contributed by atoms with Crippen LogP contribution in [0.2, 0.25) is 0 Å². The average Bonchev–Trinajstić information content (AvgIpc) is 2.32. The summed E-state index contributed by atoms with van der Waals surface area (Å²) in [5.41, 5.74) is 1.92. The highest BCUT2D eigenvalue weighted by Crippen LogP contribution is 2.21. The van der Waals surface area contributed by atoms with Gasteiger partial charge in [-0.05, 0) is 22.0 Å². The smallest absolute Gasteiger partial charge is 0.253 e. The Bertz CT molecular complexity index is 343. The van der Waals surface area contributed by atoms with E-state index in [1.54, 1.807) is 0 Å². The number of amides is 1. The highest BCUT2D eigenvalue weighted by molar-refractivity contribution is 9.10. The van der Waals surface area contributed by atoms with Gasteiger partial charge in [0.05, 0.1) is 10.2 Å². The number of carbonyl (C=O) groups is 1. The van der Waals surface area contributed by atoms with E-state index >= 15 is 0 Å². The van der Waals surface area contributed by atoms with Crippen molar-refractivity contribution in [1.82, 2.24) is 9.88 Å². The van der Waals surface area contributed by atoms with Crippen molar-refractivity contribution < 1.29 is 4.79 Å². The molecule has 1 amide bonds. The molecule has 0 radical (unpaired) electrons. The first kappa shape index (κ1) is 7.86. The zero-order chi connectivity index (χ0) is 8.72. The van der Waals surface area contributed by atoms with Gasteiger partial charge in [0.25, 0.3) is 5.91 Å². The van der Waals surface area contributed by atoms with Crippen LogP contribution in [0.3, 0.4) is 0 Å². The molecule has 0 spiro atoms. The Hall–Kier alpha value is -0.770. The van der Waals surface area contributed by atoms with E-state index in [2.05, 4.69) is 21.2 Å². The fourth-order valence-electron chi connectivity index (χ4n) is 1.50. The number of rotatable bonds is 0. The Morgan fingerprint density at radius 3 is 3.08 bits per heavy atom. The third kappa shape index (κ3) is 0.982. The van der Waals surface area contributed by atoms with Crippen LogP contribution >= 0.6 is 15.9 Å². The third-order valence-corrected chi connectivity index (χ3v) is 2.95. The number of aromatic nitrogens is 1. The normalized spacial score (nSPS) is 15.7. The molecule has 0 saturated carbocycles. The van der Waals surface area contributed by atoms with Crippen LogP contribution in [0.5, 0.6) is 0 Å². The number of carbonyl (C=O) groups excluding carboxylic acids is 1. The van der Waals surface area contributed by atoms with Crippen molar-refractivity contribution in [2.24, 2.45) is 7.05 Å². The maximum absolute atomic E-state index is 11.3. The van der Waals surface area contributed by atoms with E-state index in [0.717, 1.165) is 28.8 Å². The summed E-state index contributed by atoms with van der Waals surface area (Å²) in [6, 6.07) is 1.86. The largest absolute Gasteiger partial charge is 0.352 e. The molecule has 0 aliphatic carbocycles. The first-order chi connectivity index (χ1) is 5.70.